The fourth-order valence-electron chi connectivity index (χ4n) is 2.85. The molecular formula is C16H21ClN4O. The van der Waals surface area contributed by atoms with Gasteiger partial charge in [0.05, 0.1) is 5.69 Å². The maximum atomic E-state index is 9.21. The second-order valence-corrected chi connectivity index (χ2v) is 6.30. The van der Waals surface area contributed by atoms with E-state index in [1.54, 1.807) is 11.0 Å². The molecule has 3 rings (SSSR count). The van der Waals surface area contributed by atoms with Crippen LogP contribution in [0.5, 0.6) is 0 Å². The Morgan fingerprint density at radius 3 is 2.86 bits per heavy atom. The summed E-state index contributed by atoms with van der Waals surface area (Å²) in [6.07, 6.45) is 6.45. The van der Waals surface area contributed by atoms with Gasteiger partial charge in [-0.1, -0.05) is 17.7 Å². The van der Waals surface area contributed by atoms with Gasteiger partial charge in [-0.15, -0.1) is 0 Å². The molecule has 1 aliphatic carbocycles. The van der Waals surface area contributed by atoms with E-state index in [1.807, 2.05) is 18.2 Å². The van der Waals surface area contributed by atoms with Crippen LogP contribution >= 0.6 is 11.6 Å². The second kappa shape index (κ2) is 6.77. The maximum Gasteiger partial charge on any atom is 0.138 e. The first kappa shape index (κ1) is 15.5. The summed E-state index contributed by atoms with van der Waals surface area (Å²) in [4.78, 5) is 3.94. The zero-order valence-electron chi connectivity index (χ0n) is 12.6. The first-order valence-corrected chi connectivity index (χ1v) is 8.08. The Labute approximate surface area is 135 Å². The molecule has 2 unspecified atom stereocenters. The van der Waals surface area contributed by atoms with Crippen molar-refractivity contribution < 1.29 is 5.11 Å². The van der Waals surface area contributed by atoms with Gasteiger partial charge in [0.2, 0.25) is 0 Å². The van der Waals surface area contributed by atoms with Crippen molar-refractivity contribution in [2.75, 3.05) is 6.61 Å². The van der Waals surface area contributed by atoms with Gasteiger partial charge in [-0.25, -0.2) is 9.67 Å². The molecule has 1 saturated carbocycles. The number of aliphatic hydroxyl groups is 1. The van der Waals surface area contributed by atoms with Gasteiger partial charge in [-0.2, -0.15) is 5.10 Å². The number of aromatic nitrogens is 3. The number of hydrogen-bond acceptors (Lipinski definition) is 4. The molecule has 2 atom stereocenters. The minimum absolute atomic E-state index is 0.148. The summed E-state index contributed by atoms with van der Waals surface area (Å²) in [5.41, 5.74) is 1.96. The molecule has 2 N–H and O–H groups in total. The van der Waals surface area contributed by atoms with Crippen molar-refractivity contribution in [2.24, 2.45) is 5.92 Å². The summed E-state index contributed by atoms with van der Waals surface area (Å²) < 4.78 is 1.69. The largest absolute Gasteiger partial charge is 0.396 e. The van der Waals surface area contributed by atoms with Gasteiger partial charge >= 0.3 is 0 Å². The fourth-order valence-corrected chi connectivity index (χ4v) is 3.19. The monoisotopic (exact) mass is 320 g/mol. The summed E-state index contributed by atoms with van der Waals surface area (Å²) in [7, 11) is 0. The molecule has 118 valence electrons. The molecule has 0 spiro atoms. The Kier molecular flexibility index (Phi) is 4.76. The Balaban J connectivity index is 1.73. The second-order valence-electron chi connectivity index (χ2n) is 5.89. The van der Waals surface area contributed by atoms with Crippen LogP contribution in [0.15, 0.2) is 30.9 Å². The Morgan fingerprint density at radius 2 is 2.27 bits per heavy atom. The van der Waals surface area contributed by atoms with Crippen LogP contribution in [0.3, 0.4) is 0 Å². The zero-order valence-corrected chi connectivity index (χ0v) is 13.4. The van der Waals surface area contributed by atoms with Crippen LogP contribution < -0.4 is 5.32 Å². The van der Waals surface area contributed by atoms with Gasteiger partial charge in [0.25, 0.3) is 0 Å². The van der Waals surface area contributed by atoms with Crippen LogP contribution in [0.2, 0.25) is 5.02 Å². The van der Waals surface area contributed by atoms with Crippen LogP contribution in [-0.2, 0) is 0 Å². The topological polar surface area (TPSA) is 63.0 Å². The molecule has 0 bridgehead atoms. The first-order chi connectivity index (χ1) is 10.7. The molecule has 0 saturated heterocycles. The Bertz CT molecular complexity index is 613. The van der Waals surface area contributed by atoms with Crippen molar-refractivity contribution in [3.63, 3.8) is 0 Å². The zero-order chi connectivity index (χ0) is 15.5. The molecule has 1 aromatic carbocycles. The summed E-state index contributed by atoms with van der Waals surface area (Å²) in [5.74, 6) is 0.697. The highest BCUT2D eigenvalue weighted by molar-refractivity contribution is 6.31. The lowest BCUT2D eigenvalue weighted by molar-refractivity contribution is 0.250. The molecule has 1 fully saturated rings. The molecule has 6 heteroatoms. The molecule has 2 aromatic rings. The average Bonchev–Trinajstić information content (AvgIpc) is 3.21. The highest BCUT2D eigenvalue weighted by atomic mass is 35.5. The molecular weight excluding hydrogens is 300 g/mol. The SMILES string of the molecule is CC(NC(CCO)C1CC1)c1ccc(-n2cncn2)cc1Cl. The number of aliphatic hydroxyl groups excluding tert-OH is 1. The molecule has 1 aromatic heterocycles. The molecule has 1 heterocycles. The van der Waals surface area contributed by atoms with Crippen molar-refractivity contribution in [3.8, 4) is 5.69 Å². The van der Waals surface area contributed by atoms with Gasteiger partial charge in [0.15, 0.2) is 0 Å². The summed E-state index contributed by atoms with van der Waals surface area (Å²) in [5, 5.41) is 17.6. The number of nitrogens with one attached hydrogen (secondary N) is 1. The lowest BCUT2D eigenvalue weighted by Gasteiger charge is -2.24. The normalized spacial score (nSPS) is 17.4. The lowest BCUT2D eigenvalue weighted by Crippen LogP contribution is -2.34. The highest BCUT2D eigenvalue weighted by Crippen LogP contribution is 2.35. The minimum Gasteiger partial charge on any atom is -0.396 e. The van der Waals surface area contributed by atoms with Gasteiger partial charge in [0.1, 0.15) is 12.7 Å². The van der Waals surface area contributed by atoms with Gasteiger partial charge in [0, 0.05) is 23.7 Å². The van der Waals surface area contributed by atoms with E-state index in [9.17, 15) is 5.11 Å². The Morgan fingerprint density at radius 1 is 1.45 bits per heavy atom. The lowest BCUT2D eigenvalue weighted by atomic mass is 10.0. The van der Waals surface area contributed by atoms with Crippen molar-refractivity contribution in [1.82, 2.24) is 20.1 Å². The van der Waals surface area contributed by atoms with E-state index in [-0.39, 0.29) is 12.6 Å². The van der Waals surface area contributed by atoms with E-state index >= 15 is 0 Å². The molecule has 0 amide bonds. The molecule has 5 nitrogen and oxygen atoms in total. The minimum atomic E-state index is 0.148. The number of hydrogen-bond donors (Lipinski definition) is 2. The van der Waals surface area contributed by atoms with E-state index in [0.717, 1.165) is 17.7 Å². The van der Waals surface area contributed by atoms with Crippen molar-refractivity contribution in [3.05, 3.63) is 41.4 Å². The number of rotatable bonds is 7. The molecule has 0 radical (unpaired) electrons. The standard InChI is InChI=1S/C16H21ClN4O/c1-11(20-16(6-7-22)12-2-3-12)14-5-4-13(8-15(14)17)21-10-18-9-19-21/h4-5,8-12,16,20,22H,2-3,6-7H2,1H3. The first-order valence-electron chi connectivity index (χ1n) is 7.70. The highest BCUT2D eigenvalue weighted by Gasteiger charge is 2.31. The number of benzene rings is 1. The molecule has 22 heavy (non-hydrogen) atoms. The molecule has 1 aliphatic rings. The number of nitrogens with zero attached hydrogens (tertiary/aromatic N) is 3. The van der Waals surface area contributed by atoms with Gasteiger partial charge < -0.3 is 10.4 Å². The van der Waals surface area contributed by atoms with Crippen LogP contribution in [0.25, 0.3) is 5.69 Å². The van der Waals surface area contributed by atoms with E-state index in [4.69, 9.17) is 11.6 Å². The van der Waals surface area contributed by atoms with Crippen LogP contribution in [-0.4, -0.2) is 32.5 Å². The van der Waals surface area contributed by atoms with E-state index < -0.39 is 0 Å². The predicted molar refractivity (Wildman–Crippen MR) is 86.1 cm³/mol. The van der Waals surface area contributed by atoms with Crippen molar-refractivity contribution in [2.45, 2.75) is 38.3 Å². The third-order valence-corrected chi connectivity index (χ3v) is 4.56. The maximum absolute atomic E-state index is 9.21. The van der Waals surface area contributed by atoms with Crippen molar-refractivity contribution >= 4 is 11.6 Å². The summed E-state index contributed by atoms with van der Waals surface area (Å²) in [6, 6.07) is 6.44. The third-order valence-electron chi connectivity index (χ3n) is 4.23. The number of halogens is 1. The van der Waals surface area contributed by atoms with E-state index in [0.29, 0.717) is 17.0 Å². The van der Waals surface area contributed by atoms with Crippen LogP contribution in [0, 0.1) is 5.92 Å². The van der Waals surface area contributed by atoms with Gasteiger partial charge in [-0.05, 0) is 49.8 Å². The van der Waals surface area contributed by atoms with Crippen LogP contribution in [0.4, 0.5) is 0 Å². The van der Waals surface area contributed by atoms with Crippen LogP contribution in [0.1, 0.15) is 37.8 Å². The van der Waals surface area contributed by atoms with E-state index in [2.05, 4.69) is 22.3 Å². The smallest absolute Gasteiger partial charge is 0.138 e. The van der Waals surface area contributed by atoms with Gasteiger partial charge in [-0.3, -0.25) is 0 Å². The van der Waals surface area contributed by atoms with Crippen molar-refractivity contribution in [1.29, 1.82) is 0 Å². The fraction of sp³-hybridized carbons (Fsp3) is 0.500. The molecule has 0 aliphatic heterocycles. The quantitative estimate of drug-likeness (QED) is 0.823. The summed E-state index contributed by atoms with van der Waals surface area (Å²) in [6.45, 7) is 2.34. The van der Waals surface area contributed by atoms with E-state index in [1.165, 1.54) is 19.2 Å². The predicted octanol–water partition coefficient (Wildman–Crippen LogP) is 2.73. The third kappa shape index (κ3) is 3.48. The average molecular weight is 321 g/mol. The summed E-state index contributed by atoms with van der Waals surface area (Å²) >= 11 is 6.45. The Hall–Kier alpha value is -1.43.